The molecule has 174 valence electrons. The van der Waals surface area contributed by atoms with E-state index in [1.165, 1.54) is 23.5 Å². The summed E-state index contributed by atoms with van der Waals surface area (Å²) in [6, 6.07) is 11.5. The van der Waals surface area contributed by atoms with E-state index in [2.05, 4.69) is 15.6 Å². The van der Waals surface area contributed by atoms with Gasteiger partial charge in [0.15, 0.2) is 4.96 Å². The number of nitrogens with zero attached hydrogens (tertiary/aromatic N) is 2. The van der Waals surface area contributed by atoms with Crippen LogP contribution in [0.2, 0.25) is 0 Å². The van der Waals surface area contributed by atoms with E-state index < -0.39 is 0 Å². The number of hydrogen-bond acceptors (Lipinski definition) is 5. The summed E-state index contributed by atoms with van der Waals surface area (Å²) in [6.07, 6.45) is 1.86. The molecular formula is C25H23FN4O3S. The van der Waals surface area contributed by atoms with Crippen LogP contribution in [0.3, 0.4) is 0 Å². The highest BCUT2D eigenvalue weighted by Gasteiger charge is 2.35. The lowest BCUT2D eigenvalue weighted by atomic mass is 9.98. The van der Waals surface area contributed by atoms with Crippen LogP contribution in [0, 0.1) is 12.7 Å². The lowest BCUT2D eigenvalue weighted by molar-refractivity contribution is -0.0593. The third-order valence-electron chi connectivity index (χ3n) is 5.91. The fourth-order valence-corrected chi connectivity index (χ4v) is 5.03. The quantitative estimate of drug-likeness (QED) is 0.453. The van der Waals surface area contributed by atoms with Crippen molar-refractivity contribution in [2.24, 2.45) is 0 Å². The molecule has 7 nitrogen and oxygen atoms in total. The predicted molar refractivity (Wildman–Crippen MR) is 129 cm³/mol. The van der Waals surface area contributed by atoms with E-state index in [4.69, 9.17) is 4.74 Å². The van der Waals surface area contributed by atoms with Gasteiger partial charge in [-0.05, 0) is 61.4 Å². The molecule has 2 aromatic heterocycles. The molecule has 0 aliphatic carbocycles. The lowest BCUT2D eigenvalue weighted by Crippen LogP contribution is -2.59. The van der Waals surface area contributed by atoms with Gasteiger partial charge in [0.25, 0.3) is 11.8 Å². The van der Waals surface area contributed by atoms with Gasteiger partial charge in [-0.15, -0.1) is 0 Å². The van der Waals surface area contributed by atoms with Gasteiger partial charge in [-0.3, -0.25) is 14.0 Å². The summed E-state index contributed by atoms with van der Waals surface area (Å²) in [5.41, 5.74) is 3.61. The number of thiazole rings is 1. The van der Waals surface area contributed by atoms with Crippen LogP contribution in [0.5, 0.6) is 0 Å². The van der Waals surface area contributed by atoms with Crippen LogP contribution in [0.1, 0.15) is 33.3 Å². The molecule has 1 aliphatic heterocycles. The maximum atomic E-state index is 13.4. The third-order valence-corrected chi connectivity index (χ3v) is 6.92. The van der Waals surface area contributed by atoms with E-state index in [0.29, 0.717) is 40.7 Å². The topological polar surface area (TPSA) is 84.7 Å². The standard InChI is InChI=1S/C25H23FN4O3S/c1-14-4-5-16(22(31)29-25(2)12-33-13-25)10-18(14)19-11-30-21(23(32)27-3)20(28-24(30)34-19)15-6-8-17(26)9-7-15/h4-11H,12-13H2,1-3H3,(H,27,32)(H,29,31). The van der Waals surface area contributed by atoms with Gasteiger partial charge in [0.05, 0.1) is 23.6 Å². The van der Waals surface area contributed by atoms with Gasteiger partial charge in [0.2, 0.25) is 0 Å². The maximum Gasteiger partial charge on any atom is 0.270 e. The monoisotopic (exact) mass is 478 g/mol. The van der Waals surface area contributed by atoms with Crippen molar-refractivity contribution in [1.29, 1.82) is 0 Å². The first-order chi connectivity index (χ1) is 16.3. The zero-order valence-electron chi connectivity index (χ0n) is 18.9. The highest BCUT2D eigenvalue weighted by molar-refractivity contribution is 7.20. The average Bonchev–Trinajstić information content (AvgIpc) is 3.36. The van der Waals surface area contributed by atoms with Crippen molar-refractivity contribution in [3.63, 3.8) is 0 Å². The summed E-state index contributed by atoms with van der Waals surface area (Å²) >= 11 is 1.42. The molecule has 0 spiro atoms. The van der Waals surface area contributed by atoms with Gasteiger partial charge in [0.1, 0.15) is 17.2 Å². The number of ether oxygens (including phenoxy) is 1. The van der Waals surface area contributed by atoms with Gasteiger partial charge in [-0.1, -0.05) is 17.4 Å². The number of fused-ring (bicyclic) bond motifs is 1. The zero-order valence-corrected chi connectivity index (χ0v) is 19.8. The molecule has 34 heavy (non-hydrogen) atoms. The Hall–Kier alpha value is -3.56. The van der Waals surface area contributed by atoms with Crippen LogP contribution in [-0.4, -0.2) is 47.0 Å². The molecule has 0 bridgehead atoms. The number of carbonyl (C=O) groups excluding carboxylic acids is 2. The second-order valence-corrected chi connectivity index (χ2v) is 9.69. The molecular weight excluding hydrogens is 455 g/mol. The minimum atomic E-state index is -0.355. The van der Waals surface area contributed by atoms with Crippen LogP contribution in [0.4, 0.5) is 4.39 Å². The van der Waals surface area contributed by atoms with Crippen LogP contribution in [0.15, 0.2) is 48.7 Å². The summed E-state index contributed by atoms with van der Waals surface area (Å²) in [4.78, 5) is 31.8. The van der Waals surface area contributed by atoms with Gasteiger partial charge in [-0.2, -0.15) is 0 Å². The summed E-state index contributed by atoms with van der Waals surface area (Å²) in [5.74, 6) is -0.804. The van der Waals surface area contributed by atoms with Crippen molar-refractivity contribution in [1.82, 2.24) is 20.0 Å². The maximum absolute atomic E-state index is 13.4. The summed E-state index contributed by atoms with van der Waals surface area (Å²) in [7, 11) is 1.56. The lowest BCUT2D eigenvalue weighted by Gasteiger charge is -2.38. The van der Waals surface area contributed by atoms with Crippen molar-refractivity contribution >= 4 is 28.1 Å². The molecule has 9 heteroatoms. The molecule has 2 amide bonds. The Kier molecular flexibility index (Phi) is 5.45. The van der Waals surface area contributed by atoms with Crippen molar-refractivity contribution in [2.75, 3.05) is 20.3 Å². The second-order valence-electron chi connectivity index (χ2n) is 8.68. The van der Waals surface area contributed by atoms with Gasteiger partial charge in [0, 0.05) is 24.4 Å². The molecule has 0 unspecified atom stereocenters. The number of imidazole rings is 1. The molecule has 1 fully saturated rings. The number of halogens is 1. The summed E-state index contributed by atoms with van der Waals surface area (Å²) in [5, 5.41) is 5.70. The molecule has 0 radical (unpaired) electrons. The van der Waals surface area contributed by atoms with E-state index in [0.717, 1.165) is 16.0 Å². The largest absolute Gasteiger partial charge is 0.376 e. The number of amides is 2. The van der Waals surface area contributed by atoms with Crippen LogP contribution in [0.25, 0.3) is 26.7 Å². The van der Waals surface area contributed by atoms with E-state index in [9.17, 15) is 14.0 Å². The van der Waals surface area contributed by atoms with E-state index in [-0.39, 0.29) is 23.2 Å². The summed E-state index contributed by atoms with van der Waals surface area (Å²) in [6.45, 7) is 4.93. The van der Waals surface area contributed by atoms with E-state index >= 15 is 0 Å². The fourth-order valence-electron chi connectivity index (χ4n) is 3.97. The number of nitrogens with one attached hydrogen (secondary N) is 2. The van der Waals surface area contributed by atoms with Crippen LogP contribution >= 0.6 is 11.3 Å². The molecule has 3 heterocycles. The minimum absolute atomic E-state index is 0.155. The van der Waals surface area contributed by atoms with Crippen LogP contribution < -0.4 is 10.6 Å². The first kappa shape index (κ1) is 22.2. The molecule has 4 aromatic rings. The SMILES string of the molecule is CNC(=O)c1c(-c2ccc(F)cc2)nc2sc(-c3cc(C(=O)NC4(C)COC4)ccc3C)cn12. The van der Waals surface area contributed by atoms with Crippen molar-refractivity contribution in [3.8, 4) is 21.7 Å². The Balaban J connectivity index is 1.56. The molecule has 2 aromatic carbocycles. The molecule has 0 atom stereocenters. The normalized spacial score (nSPS) is 14.6. The number of aromatic nitrogens is 2. The predicted octanol–water partition coefficient (Wildman–Crippen LogP) is 4.06. The Morgan fingerprint density at radius 1 is 1.15 bits per heavy atom. The van der Waals surface area contributed by atoms with E-state index in [1.54, 1.807) is 29.6 Å². The third kappa shape index (κ3) is 3.86. The van der Waals surface area contributed by atoms with E-state index in [1.807, 2.05) is 32.2 Å². The molecule has 1 aliphatic rings. The molecule has 2 N–H and O–H groups in total. The number of carbonyl (C=O) groups is 2. The number of benzene rings is 2. The Morgan fingerprint density at radius 2 is 1.88 bits per heavy atom. The van der Waals surface area contributed by atoms with Gasteiger partial charge < -0.3 is 15.4 Å². The van der Waals surface area contributed by atoms with Crippen molar-refractivity contribution in [3.05, 3.63) is 71.3 Å². The summed E-state index contributed by atoms with van der Waals surface area (Å²) < 4.78 is 20.4. The Morgan fingerprint density at radius 3 is 2.53 bits per heavy atom. The number of aryl methyl sites for hydroxylation is 1. The zero-order chi connectivity index (χ0) is 24.0. The van der Waals surface area contributed by atoms with Crippen LogP contribution in [-0.2, 0) is 4.74 Å². The van der Waals surface area contributed by atoms with Crippen molar-refractivity contribution in [2.45, 2.75) is 19.4 Å². The Labute approximate surface area is 199 Å². The Bertz CT molecular complexity index is 1420. The van der Waals surface area contributed by atoms with Gasteiger partial charge >= 0.3 is 0 Å². The minimum Gasteiger partial charge on any atom is -0.376 e. The molecule has 5 rings (SSSR count). The number of hydrogen-bond donors (Lipinski definition) is 2. The smallest absolute Gasteiger partial charge is 0.270 e. The first-order valence-corrected chi connectivity index (χ1v) is 11.6. The second kappa shape index (κ2) is 8.34. The van der Waals surface area contributed by atoms with Crippen molar-refractivity contribution < 1.29 is 18.7 Å². The number of rotatable bonds is 5. The average molecular weight is 479 g/mol. The molecule has 1 saturated heterocycles. The highest BCUT2D eigenvalue weighted by atomic mass is 32.1. The van der Waals surface area contributed by atoms with Gasteiger partial charge in [-0.25, -0.2) is 9.37 Å². The highest BCUT2D eigenvalue weighted by Crippen LogP contribution is 2.35. The first-order valence-electron chi connectivity index (χ1n) is 10.8. The molecule has 0 saturated carbocycles. The fraction of sp³-hybridized carbons (Fsp3) is 0.240.